The quantitative estimate of drug-likeness (QED) is 0.537. The highest BCUT2D eigenvalue weighted by Gasteiger charge is 2.12. The molecular weight excluding hydrogens is 306 g/mol. The van der Waals surface area contributed by atoms with Crippen LogP contribution in [0.3, 0.4) is 0 Å². The van der Waals surface area contributed by atoms with Crippen LogP contribution in [-0.2, 0) is 4.79 Å². The number of rotatable bonds is 9. The maximum atomic E-state index is 11.8. The van der Waals surface area contributed by atoms with Crippen LogP contribution < -0.4 is 14.8 Å². The topological polar surface area (TPSA) is 67.8 Å². The fraction of sp³-hybridized carbons (Fsp3) is 0.421. The monoisotopic (exact) mass is 329 g/mol. The van der Waals surface area contributed by atoms with Crippen molar-refractivity contribution >= 4 is 5.91 Å². The van der Waals surface area contributed by atoms with Crippen molar-refractivity contribution in [2.45, 2.75) is 31.8 Å². The van der Waals surface area contributed by atoms with E-state index in [9.17, 15) is 9.90 Å². The summed E-state index contributed by atoms with van der Waals surface area (Å²) in [5, 5.41) is 12.9. The number of ether oxygens (including phenoxy) is 2. The van der Waals surface area contributed by atoms with Crippen molar-refractivity contribution in [3.05, 3.63) is 23.8 Å². The summed E-state index contributed by atoms with van der Waals surface area (Å²) in [7, 11) is 3.08. The number of carbonyl (C=O) groups excluding carboxylic acids is 1. The van der Waals surface area contributed by atoms with E-state index >= 15 is 0 Å². The number of unbranched alkanes of at least 4 members (excludes halogenated alkanes) is 2. The summed E-state index contributed by atoms with van der Waals surface area (Å²) in [5.74, 6) is 8.63. The van der Waals surface area contributed by atoms with E-state index in [1.54, 1.807) is 25.3 Å². The lowest BCUT2D eigenvalue weighted by Gasteiger charge is -2.15. The van der Waals surface area contributed by atoms with Gasteiger partial charge < -0.3 is 19.9 Å². The van der Waals surface area contributed by atoms with Crippen LogP contribution in [-0.4, -0.2) is 31.8 Å². The van der Waals surface area contributed by atoms with Gasteiger partial charge in [0, 0.05) is 19.4 Å². The third kappa shape index (κ3) is 6.64. The molecule has 0 bridgehead atoms. The second-order valence-electron chi connectivity index (χ2n) is 5.09. The van der Waals surface area contributed by atoms with Gasteiger partial charge in [-0.3, -0.25) is 4.79 Å². The molecule has 0 saturated heterocycles. The molecule has 0 fully saturated rings. The number of benzene rings is 1. The normalized spacial score (nSPS) is 10.8. The predicted octanol–water partition coefficient (Wildman–Crippen LogP) is 2.05. The summed E-state index contributed by atoms with van der Waals surface area (Å²) in [4.78, 5) is 11.8. The Bertz CT molecular complexity index is 637. The number of carbonyl (C=O) groups is 1. The van der Waals surface area contributed by atoms with Crippen molar-refractivity contribution in [2.75, 3.05) is 20.8 Å². The fourth-order valence-electron chi connectivity index (χ4n) is 2.09. The SMILES string of the molecule is C#CC#CCCCCC(=O)NCC(O)c1ccc(OC)c(OC)c1. The molecule has 1 rings (SSSR count). The maximum Gasteiger partial charge on any atom is 0.220 e. The standard InChI is InChI=1S/C19H23NO4/c1-4-5-6-7-8-9-10-19(22)20-14-16(21)15-11-12-17(23-2)18(13-15)24-3/h1,11-13,16,21H,7-10,14H2,2-3H3,(H,20,22). The Hall–Kier alpha value is -2.63. The van der Waals surface area contributed by atoms with E-state index in [0.717, 1.165) is 12.8 Å². The molecule has 1 atom stereocenters. The van der Waals surface area contributed by atoms with Gasteiger partial charge >= 0.3 is 0 Å². The average molecular weight is 329 g/mol. The van der Waals surface area contributed by atoms with Crippen LogP contribution in [0.5, 0.6) is 11.5 Å². The molecule has 0 heterocycles. The van der Waals surface area contributed by atoms with E-state index in [0.29, 0.717) is 29.9 Å². The summed E-state index contributed by atoms with van der Waals surface area (Å²) in [6, 6.07) is 5.15. The molecule has 0 saturated carbocycles. The number of terminal acetylenes is 1. The van der Waals surface area contributed by atoms with Crippen LogP contribution in [0.1, 0.15) is 37.4 Å². The highest BCUT2D eigenvalue weighted by molar-refractivity contribution is 5.75. The second-order valence-corrected chi connectivity index (χ2v) is 5.09. The van der Waals surface area contributed by atoms with E-state index in [2.05, 4.69) is 23.1 Å². The van der Waals surface area contributed by atoms with E-state index in [1.165, 1.54) is 7.11 Å². The molecule has 1 amide bonds. The van der Waals surface area contributed by atoms with Crippen LogP contribution >= 0.6 is 0 Å². The molecule has 0 radical (unpaired) electrons. The number of hydrogen-bond acceptors (Lipinski definition) is 4. The molecule has 0 aliphatic heterocycles. The first-order valence-electron chi connectivity index (χ1n) is 7.72. The van der Waals surface area contributed by atoms with Gasteiger partial charge in [0.05, 0.1) is 20.3 Å². The minimum absolute atomic E-state index is 0.0977. The lowest BCUT2D eigenvalue weighted by atomic mass is 10.1. The third-order valence-electron chi connectivity index (χ3n) is 3.40. The van der Waals surface area contributed by atoms with Crippen LogP contribution in [0.15, 0.2) is 18.2 Å². The minimum Gasteiger partial charge on any atom is -0.493 e. The van der Waals surface area contributed by atoms with Crippen LogP contribution in [0.25, 0.3) is 0 Å². The summed E-state index contributed by atoms with van der Waals surface area (Å²) in [6.45, 7) is 0.144. The fourth-order valence-corrected chi connectivity index (χ4v) is 2.09. The van der Waals surface area contributed by atoms with Gasteiger partial charge in [0.15, 0.2) is 11.5 Å². The Morgan fingerprint density at radius 3 is 2.71 bits per heavy atom. The van der Waals surface area contributed by atoms with Crippen molar-refractivity contribution in [3.63, 3.8) is 0 Å². The molecule has 0 aliphatic carbocycles. The summed E-state index contributed by atoms with van der Waals surface area (Å²) < 4.78 is 10.4. The largest absolute Gasteiger partial charge is 0.493 e. The molecule has 0 spiro atoms. The number of methoxy groups -OCH3 is 2. The number of amides is 1. The molecule has 1 aromatic rings. The van der Waals surface area contributed by atoms with Crippen molar-refractivity contribution in [1.29, 1.82) is 0 Å². The number of hydrogen-bond donors (Lipinski definition) is 2. The molecule has 5 heteroatoms. The van der Waals surface area contributed by atoms with Crippen molar-refractivity contribution in [1.82, 2.24) is 5.32 Å². The number of aliphatic hydroxyl groups excluding tert-OH is 1. The summed E-state index contributed by atoms with van der Waals surface area (Å²) >= 11 is 0. The smallest absolute Gasteiger partial charge is 0.220 e. The number of nitrogens with one attached hydrogen (secondary N) is 1. The first kappa shape index (κ1) is 19.4. The Balaban J connectivity index is 2.38. The zero-order valence-corrected chi connectivity index (χ0v) is 14.1. The van der Waals surface area contributed by atoms with Crippen LogP contribution in [0.2, 0.25) is 0 Å². The molecular formula is C19H23NO4. The first-order chi connectivity index (χ1) is 11.6. The van der Waals surface area contributed by atoms with Gasteiger partial charge in [-0.15, -0.1) is 6.42 Å². The van der Waals surface area contributed by atoms with E-state index in [-0.39, 0.29) is 12.5 Å². The molecule has 0 aliphatic rings. The Morgan fingerprint density at radius 1 is 1.29 bits per heavy atom. The van der Waals surface area contributed by atoms with Gasteiger partial charge in [-0.2, -0.15) is 0 Å². The van der Waals surface area contributed by atoms with Gasteiger partial charge in [-0.25, -0.2) is 0 Å². The molecule has 24 heavy (non-hydrogen) atoms. The van der Waals surface area contributed by atoms with E-state index < -0.39 is 6.10 Å². The van der Waals surface area contributed by atoms with Gasteiger partial charge in [0.25, 0.3) is 0 Å². The molecule has 0 aromatic heterocycles. The van der Waals surface area contributed by atoms with Gasteiger partial charge in [-0.1, -0.05) is 12.0 Å². The molecule has 5 nitrogen and oxygen atoms in total. The first-order valence-corrected chi connectivity index (χ1v) is 7.72. The summed E-state index contributed by atoms with van der Waals surface area (Å²) in [6.07, 6.45) is 6.84. The molecule has 1 aromatic carbocycles. The van der Waals surface area contributed by atoms with Crippen LogP contribution in [0, 0.1) is 24.2 Å². The zero-order valence-electron chi connectivity index (χ0n) is 14.1. The average Bonchev–Trinajstić information content (AvgIpc) is 2.61. The lowest BCUT2D eigenvalue weighted by Crippen LogP contribution is -2.28. The second kappa shape index (κ2) is 11.0. The van der Waals surface area contributed by atoms with Gasteiger partial charge in [0.2, 0.25) is 5.91 Å². The van der Waals surface area contributed by atoms with Gasteiger partial charge in [0.1, 0.15) is 0 Å². The third-order valence-corrected chi connectivity index (χ3v) is 3.40. The molecule has 1 unspecified atom stereocenters. The zero-order chi connectivity index (χ0) is 17.8. The minimum atomic E-state index is -0.810. The maximum absolute atomic E-state index is 11.8. The molecule has 2 N–H and O–H groups in total. The summed E-state index contributed by atoms with van der Waals surface area (Å²) in [5.41, 5.74) is 0.650. The number of aliphatic hydroxyl groups is 1. The predicted molar refractivity (Wildman–Crippen MR) is 92.6 cm³/mol. The van der Waals surface area contributed by atoms with Crippen LogP contribution in [0.4, 0.5) is 0 Å². The Labute approximate surface area is 143 Å². The Kier molecular flexibility index (Phi) is 8.89. The lowest BCUT2D eigenvalue weighted by molar-refractivity contribution is -0.121. The highest BCUT2D eigenvalue weighted by atomic mass is 16.5. The van der Waals surface area contributed by atoms with Crippen molar-refractivity contribution in [3.8, 4) is 35.7 Å². The van der Waals surface area contributed by atoms with Gasteiger partial charge in [-0.05, 0) is 42.4 Å². The van der Waals surface area contributed by atoms with E-state index in [4.69, 9.17) is 15.9 Å². The van der Waals surface area contributed by atoms with E-state index in [1.807, 2.05) is 0 Å². The van der Waals surface area contributed by atoms with Crippen molar-refractivity contribution in [2.24, 2.45) is 0 Å². The van der Waals surface area contributed by atoms with Crippen molar-refractivity contribution < 1.29 is 19.4 Å². The highest BCUT2D eigenvalue weighted by Crippen LogP contribution is 2.29. The Morgan fingerprint density at radius 2 is 2.04 bits per heavy atom. The molecule has 128 valence electrons.